The van der Waals surface area contributed by atoms with Gasteiger partial charge in [-0.15, -0.1) is 0 Å². The summed E-state index contributed by atoms with van der Waals surface area (Å²) in [4.78, 5) is 0. The van der Waals surface area contributed by atoms with Gasteiger partial charge in [0.1, 0.15) is 0 Å². The van der Waals surface area contributed by atoms with E-state index in [1.807, 2.05) is 24.3 Å². The monoisotopic (exact) mass is 200 g/mol. The summed E-state index contributed by atoms with van der Waals surface area (Å²) in [6.45, 7) is 2.17. The van der Waals surface area contributed by atoms with E-state index in [1.165, 1.54) is 0 Å². The van der Waals surface area contributed by atoms with Gasteiger partial charge in [0.05, 0.1) is 5.54 Å². The van der Waals surface area contributed by atoms with Gasteiger partial charge in [0.25, 0.3) is 0 Å². The summed E-state index contributed by atoms with van der Waals surface area (Å²) < 4.78 is 0. The van der Waals surface area contributed by atoms with Crippen molar-refractivity contribution in [3.05, 3.63) is 54.3 Å². The summed E-state index contributed by atoms with van der Waals surface area (Å²) in [6.07, 6.45) is 7.05. The van der Waals surface area contributed by atoms with E-state index in [0.717, 1.165) is 17.8 Å². The second kappa shape index (κ2) is 3.81. The predicted molar refractivity (Wildman–Crippen MR) is 64.5 cm³/mol. The van der Waals surface area contributed by atoms with E-state index in [4.69, 9.17) is 5.73 Å². The van der Waals surface area contributed by atoms with Gasteiger partial charge in [0.15, 0.2) is 0 Å². The average Bonchev–Trinajstić information content (AvgIpc) is 2.24. The highest BCUT2D eigenvalue weighted by atomic mass is 15.0. The molecule has 1 aliphatic carbocycles. The van der Waals surface area contributed by atoms with Crippen LogP contribution in [0.15, 0.2) is 54.3 Å². The zero-order chi connectivity index (χ0) is 10.7. The molecule has 0 saturated carbocycles. The number of allylic oxidation sites excluding steroid dienone is 1. The molecular formula is C13H16N2. The minimum Gasteiger partial charge on any atom is -0.399 e. The fourth-order valence-electron chi connectivity index (χ4n) is 1.69. The molecular weight excluding hydrogens is 184 g/mol. The maximum Gasteiger partial charge on any atom is 0.0567 e. The first-order valence-electron chi connectivity index (χ1n) is 5.16. The minimum atomic E-state index is -0.0236. The lowest BCUT2D eigenvalue weighted by atomic mass is 9.92. The third kappa shape index (κ3) is 2.40. The molecule has 1 aliphatic rings. The van der Waals surface area contributed by atoms with Crippen molar-refractivity contribution in [2.24, 2.45) is 5.73 Å². The van der Waals surface area contributed by atoms with E-state index < -0.39 is 0 Å². The van der Waals surface area contributed by atoms with Crippen molar-refractivity contribution in [2.75, 3.05) is 5.32 Å². The standard InChI is InChI=1S/C13H16N2/c1-13(9-7-11(14)8-10-13)15-12-5-3-2-4-6-12/h2-9,15H,10,14H2,1H3. The van der Waals surface area contributed by atoms with E-state index >= 15 is 0 Å². The van der Waals surface area contributed by atoms with Crippen molar-refractivity contribution in [1.29, 1.82) is 0 Å². The van der Waals surface area contributed by atoms with Gasteiger partial charge in [0, 0.05) is 11.4 Å². The fourth-order valence-corrected chi connectivity index (χ4v) is 1.69. The largest absolute Gasteiger partial charge is 0.399 e. The van der Waals surface area contributed by atoms with Crippen LogP contribution in [0.5, 0.6) is 0 Å². The lowest BCUT2D eigenvalue weighted by Gasteiger charge is -2.30. The van der Waals surface area contributed by atoms with Crippen molar-refractivity contribution < 1.29 is 0 Å². The Hall–Kier alpha value is -1.70. The predicted octanol–water partition coefficient (Wildman–Crippen LogP) is 2.66. The highest BCUT2D eigenvalue weighted by Crippen LogP contribution is 2.23. The smallest absolute Gasteiger partial charge is 0.0567 e. The molecule has 0 aliphatic heterocycles. The van der Waals surface area contributed by atoms with Gasteiger partial charge in [-0.1, -0.05) is 30.4 Å². The lowest BCUT2D eigenvalue weighted by Crippen LogP contribution is -2.33. The molecule has 0 amide bonds. The molecule has 0 spiro atoms. The van der Waals surface area contributed by atoms with Gasteiger partial charge in [-0.25, -0.2) is 0 Å². The number of hydrogen-bond acceptors (Lipinski definition) is 2. The zero-order valence-electron chi connectivity index (χ0n) is 8.90. The molecule has 0 aromatic heterocycles. The van der Waals surface area contributed by atoms with E-state index in [2.05, 4.69) is 36.5 Å². The molecule has 0 heterocycles. The quantitative estimate of drug-likeness (QED) is 0.770. The summed E-state index contributed by atoms with van der Waals surface area (Å²) in [5.74, 6) is 0. The van der Waals surface area contributed by atoms with Crippen LogP contribution >= 0.6 is 0 Å². The number of nitrogens with one attached hydrogen (secondary N) is 1. The number of anilines is 1. The van der Waals surface area contributed by atoms with Crippen LogP contribution in [0.1, 0.15) is 13.3 Å². The molecule has 15 heavy (non-hydrogen) atoms. The van der Waals surface area contributed by atoms with Crippen molar-refractivity contribution in [3.8, 4) is 0 Å². The van der Waals surface area contributed by atoms with Gasteiger partial charge in [0.2, 0.25) is 0 Å². The van der Waals surface area contributed by atoms with E-state index in [0.29, 0.717) is 0 Å². The van der Waals surface area contributed by atoms with Crippen LogP contribution in [-0.4, -0.2) is 5.54 Å². The van der Waals surface area contributed by atoms with Gasteiger partial charge < -0.3 is 11.1 Å². The van der Waals surface area contributed by atoms with E-state index in [9.17, 15) is 0 Å². The lowest BCUT2D eigenvalue weighted by molar-refractivity contribution is 0.636. The normalized spacial score (nSPS) is 24.7. The first-order valence-corrected chi connectivity index (χ1v) is 5.16. The molecule has 1 atom stereocenters. The Labute approximate surface area is 90.5 Å². The van der Waals surface area contributed by atoms with E-state index in [-0.39, 0.29) is 5.54 Å². The Bertz CT molecular complexity index is 392. The van der Waals surface area contributed by atoms with Crippen LogP contribution in [0.25, 0.3) is 0 Å². The second-order valence-corrected chi connectivity index (χ2v) is 4.15. The number of benzene rings is 1. The van der Waals surface area contributed by atoms with Crippen LogP contribution in [0.2, 0.25) is 0 Å². The topological polar surface area (TPSA) is 38.0 Å². The maximum absolute atomic E-state index is 5.70. The first kappa shape index (κ1) is 9.84. The van der Waals surface area contributed by atoms with Crippen LogP contribution in [0.4, 0.5) is 5.69 Å². The minimum absolute atomic E-state index is 0.0236. The Morgan fingerprint density at radius 1 is 1.27 bits per heavy atom. The number of hydrogen-bond donors (Lipinski definition) is 2. The molecule has 1 unspecified atom stereocenters. The van der Waals surface area contributed by atoms with Crippen LogP contribution < -0.4 is 11.1 Å². The van der Waals surface area contributed by atoms with Crippen molar-refractivity contribution in [3.63, 3.8) is 0 Å². The molecule has 78 valence electrons. The van der Waals surface area contributed by atoms with Gasteiger partial charge in [-0.05, 0) is 31.6 Å². The Balaban J connectivity index is 2.10. The highest BCUT2D eigenvalue weighted by Gasteiger charge is 2.21. The van der Waals surface area contributed by atoms with E-state index in [1.54, 1.807) is 0 Å². The van der Waals surface area contributed by atoms with Crippen LogP contribution in [0, 0.1) is 0 Å². The summed E-state index contributed by atoms with van der Waals surface area (Å²) in [5.41, 5.74) is 7.66. The SMILES string of the molecule is CC1(Nc2ccccc2)C=CC(N)=CC1. The highest BCUT2D eigenvalue weighted by molar-refractivity contribution is 5.48. The Kier molecular flexibility index (Phi) is 2.50. The van der Waals surface area contributed by atoms with Crippen molar-refractivity contribution >= 4 is 5.69 Å². The summed E-state index contributed by atoms with van der Waals surface area (Å²) in [6, 6.07) is 10.2. The van der Waals surface area contributed by atoms with Gasteiger partial charge in [-0.3, -0.25) is 0 Å². The molecule has 1 aromatic rings. The second-order valence-electron chi connectivity index (χ2n) is 4.15. The number of rotatable bonds is 2. The molecule has 0 bridgehead atoms. The number of nitrogens with two attached hydrogens (primary N) is 1. The zero-order valence-corrected chi connectivity index (χ0v) is 8.90. The molecule has 0 saturated heterocycles. The fraction of sp³-hybridized carbons (Fsp3) is 0.231. The maximum atomic E-state index is 5.70. The van der Waals surface area contributed by atoms with Gasteiger partial charge in [-0.2, -0.15) is 0 Å². The van der Waals surface area contributed by atoms with Gasteiger partial charge >= 0.3 is 0 Å². The molecule has 2 nitrogen and oxygen atoms in total. The summed E-state index contributed by atoms with van der Waals surface area (Å²) in [5, 5.41) is 3.49. The summed E-state index contributed by atoms with van der Waals surface area (Å²) in [7, 11) is 0. The first-order chi connectivity index (χ1) is 7.18. The average molecular weight is 200 g/mol. The Morgan fingerprint density at radius 3 is 2.60 bits per heavy atom. The van der Waals surface area contributed by atoms with Crippen molar-refractivity contribution in [1.82, 2.24) is 0 Å². The third-order valence-electron chi connectivity index (χ3n) is 2.61. The number of para-hydroxylation sites is 1. The molecule has 2 heteroatoms. The molecule has 2 rings (SSSR count). The third-order valence-corrected chi connectivity index (χ3v) is 2.61. The Morgan fingerprint density at radius 2 is 2.00 bits per heavy atom. The van der Waals surface area contributed by atoms with Crippen LogP contribution in [-0.2, 0) is 0 Å². The molecule has 1 aromatic carbocycles. The molecule has 3 N–H and O–H groups in total. The van der Waals surface area contributed by atoms with Crippen molar-refractivity contribution in [2.45, 2.75) is 18.9 Å². The summed E-state index contributed by atoms with van der Waals surface area (Å²) >= 11 is 0. The van der Waals surface area contributed by atoms with Crippen LogP contribution in [0.3, 0.4) is 0 Å². The molecule has 0 radical (unpaired) electrons. The molecule has 0 fully saturated rings.